The molecule has 1 fully saturated rings. The molecule has 1 N–H and O–H groups in total. The molecule has 166 valence electrons. The molecule has 0 spiro atoms. The van der Waals surface area contributed by atoms with E-state index < -0.39 is 0 Å². The molecule has 2 atom stereocenters. The van der Waals surface area contributed by atoms with Crippen LogP contribution in [0, 0.1) is 5.92 Å². The number of aryl methyl sites for hydroxylation is 1. The van der Waals surface area contributed by atoms with Gasteiger partial charge in [-0.1, -0.05) is 67.6 Å². The van der Waals surface area contributed by atoms with Gasteiger partial charge in [-0.2, -0.15) is 0 Å². The number of anilines is 1. The number of benzene rings is 3. The van der Waals surface area contributed by atoms with Crippen LogP contribution in [0.2, 0.25) is 0 Å². The highest BCUT2D eigenvalue weighted by molar-refractivity contribution is 5.76. The van der Waals surface area contributed by atoms with Gasteiger partial charge < -0.3 is 15.0 Å². The summed E-state index contributed by atoms with van der Waals surface area (Å²) in [6, 6.07) is 29.0. The number of hydrogen-bond donors (Lipinski definition) is 1. The predicted molar refractivity (Wildman–Crippen MR) is 130 cm³/mol. The van der Waals surface area contributed by atoms with Crippen LogP contribution >= 0.6 is 0 Å². The number of amides is 1. The Balaban J connectivity index is 1.23. The summed E-state index contributed by atoms with van der Waals surface area (Å²) >= 11 is 0. The molecule has 0 aromatic heterocycles. The van der Waals surface area contributed by atoms with Gasteiger partial charge in [-0.05, 0) is 54.2 Å². The van der Waals surface area contributed by atoms with Crippen molar-refractivity contribution in [2.75, 3.05) is 18.0 Å². The van der Waals surface area contributed by atoms with E-state index in [9.17, 15) is 4.79 Å². The summed E-state index contributed by atoms with van der Waals surface area (Å²) in [5.41, 5.74) is 3.58. The molecular weight excluding hydrogens is 396 g/mol. The third-order valence-corrected chi connectivity index (χ3v) is 6.19. The van der Waals surface area contributed by atoms with E-state index >= 15 is 0 Å². The summed E-state index contributed by atoms with van der Waals surface area (Å²) < 4.78 is 5.91. The Morgan fingerprint density at radius 1 is 0.938 bits per heavy atom. The van der Waals surface area contributed by atoms with E-state index in [1.165, 1.54) is 16.8 Å². The number of ether oxygens (including phenoxy) is 1. The minimum atomic E-state index is 0.152. The van der Waals surface area contributed by atoms with Crippen molar-refractivity contribution < 1.29 is 9.53 Å². The van der Waals surface area contributed by atoms with Crippen LogP contribution in [0.25, 0.3) is 0 Å². The molecule has 0 aliphatic carbocycles. The smallest absolute Gasteiger partial charge is 0.220 e. The summed E-state index contributed by atoms with van der Waals surface area (Å²) in [6.07, 6.45) is 2.30. The molecule has 32 heavy (non-hydrogen) atoms. The van der Waals surface area contributed by atoms with Gasteiger partial charge in [0.15, 0.2) is 0 Å². The summed E-state index contributed by atoms with van der Waals surface area (Å²) in [5.74, 6) is 1.43. The number of carbonyl (C=O) groups is 1. The number of nitrogens with zero attached hydrogens (tertiary/aromatic N) is 1. The highest BCUT2D eigenvalue weighted by Crippen LogP contribution is 2.26. The molecule has 3 aromatic rings. The van der Waals surface area contributed by atoms with Crippen molar-refractivity contribution in [2.24, 2.45) is 5.92 Å². The van der Waals surface area contributed by atoms with E-state index in [2.05, 4.69) is 53.5 Å². The third kappa shape index (κ3) is 6.13. The second kappa shape index (κ2) is 10.9. The van der Waals surface area contributed by atoms with E-state index in [-0.39, 0.29) is 11.9 Å². The molecular formula is C28H32N2O2. The van der Waals surface area contributed by atoms with Crippen LogP contribution in [0.5, 0.6) is 5.75 Å². The van der Waals surface area contributed by atoms with Crippen molar-refractivity contribution >= 4 is 11.6 Å². The Bertz CT molecular complexity index is 973. The van der Waals surface area contributed by atoms with Crippen LogP contribution in [0.3, 0.4) is 0 Å². The number of nitrogens with one attached hydrogen (secondary N) is 1. The highest BCUT2D eigenvalue weighted by atomic mass is 16.5. The fourth-order valence-electron chi connectivity index (χ4n) is 4.27. The highest BCUT2D eigenvalue weighted by Gasteiger charge is 2.27. The zero-order valence-electron chi connectivity index (χ0n) is 18.7. The Morgan fingerprint density at radius 2 is 1.59 bits per heavy atom. The van der Waals surface area contributed by atoms with Crippen LogP contribution in [-0.2, 0) is 17.8 Å². The molecule has 4 nitrogen and oxygen atoms in total. The van der Waals surface area contributed by atoms with Gasteiger partial charge in [0.2, 0.25) is 5.91 Å². The third-order valence-electron chi connectivity index (χ3n) is 6.19. The van der Waals surface area contributed by atoms with Crippen LogP contribution in [-0.4, -0.2) is 25.0 Å². The number of rotatable bonds is 8. The normalized spacial score (nSPS) is 18.2. The molecule has 3 aromatic carbocycles. The molecule has 1 aliphatic heterocycles. The number of carbonyl (C=O) groups excluding carboxylic acids is 1. The molecule has 0 saturated carbocycles. The standard InChI is InChI=1S/C28H32N2O2/c1-22-20-30(19-18-27(22)29-28(31)17-12-23-8-4-2-5-9-23)25-13-15-26(16-14-25)32-21-24-10-6-3-7-11-24/h2-11,13-16,22,27H,12,17-21H2,1H3,(H,29,31)/t22-,27-/m1/s1. The maximum absolute atomic E-state index is 12.4. The monoisotopic (exact) mass is 428 g/mol. The van der Waals surface area contributed by atoms with Crippen LogP contribution in [0.15, 0.2) is 84.9 Å². The van der Waals surface area contributed by atoms with Gasteiger partial charge in [0, 0.05) is 31.2 Å². The summed E-state index contributed by atoms with van der Waals surface area (Å²) in [4.78, 5) is 14.8. The molecule has 0 unspecified atom stereocenters. The Kier molecular flexibility index (Phi) is 7.44. The van der Waals surface area contributed by atoms with Crippen LogP contribution in [0.4, 0.5) is 5.69 Å². The minimum absolute atomic E-state index is 0.152. The number of piperidine rings is 1. The first-order valence-corrected chi connectivity index (χ1v) is 11.5. The lowest BCUT2D eigenvalue weighted by Gasteiger charge is -2.38. The van der Waals surface area contributed by atoms with Crippen LogP contribution in [0.1, 0.15) is 30.9 Å². The van der Waals surface area contributed by atoms with Crippen molar-refractivity contribution in [3.05, 3.63) is 96.1 Å². The first-order valence-electron chi connectivity index (χ1n) is 11.5. The fraction of sp³-hybridized carbons (Fsp3) is 0.321. The first kappa shape index (κ1) is 21.9. The lowest BCUT2D eigenvalue weighted by molar-refractivity contribution is -0.122. The maximum Gasteiger partial charge on any atom is 0.220 e. The maximum atomic E-state index is 12.4. The van der Waals surface area contributed by atoms with Crippen LogP contribution < -0.4 is 15.0 Å². The molecule has 1 saturated heterocycles. The topological polar surface area (TPSA) is 41.6 Å². The zero-order valence-corrected chi connectivity index (χ0v) is 18.7. The van der Waals surface area contributed by atoms with Crippen molar-refractivity contribution in [1.29, 1.82) is 0 Å². The zero-order chi connectivity index (χ0) is 22.2. The van der Waals surface area contributed by atoms with Crippen molar-refractivity contribution in [1.82, 2.24) is 5.32 Å². The van der Waals surface area contributed by atoms with Crippen molar-refractivity contribution in [3.8, 4) is 5.75 Å². The summed E-state index contributed by atoms with van der Waals surface area (Å²) in [5, 5.41) is 3.27. The van der Waals surface area contributed by atoms with Gasteiger partial charge in [-0.3, -0.25) is 4.79 Å². The van der Waals surface area contributed by atoms with E-state index in [0.717, 1.165) is 31.7 Å². The van der Waals surface area contributed by atoms with Gasteiger partial charge >= 0.3 is 0 Å². The Morgan fingerprint density at radius 3 is 2.25 bits per heavy atom. The van der Waals surface area contributed by atoms with E-state index in [1.807, 2.05) is 48.5 Å². The first-order chi connectivity index (χ1) is 15.7. The largest absolute Gasteiger partial charge is 0.489 e. The van der Waals surface area contributed by atoms with E-state index in [4.69, 9.17) is 4.74 Å². The average Bonchev–Trinajstić information content (AvgIpc) is 2.84. The molecule has 0 bridgehead atoms. The summed E-state index contributed by atoms with van der Waals surface area (Å²) in [6.45, 7) is 4.68. The fourth-order valence-corrected chi connectivity index (χ4v) is 4.27. The average molecular weight is 429 g/mol. The molecule has 4 rings (SSSR count). The second-order valence-electron chi connectivity index (χ2n) is 8.64. The van der Waals surface area contributed by atoms with Gasteiger partial charge in [-0.15, -0.1) is 0 Å². The van der Waals surface area contributed by atoms with E-state index in [1.54, 1.807) is 0 Å². The molecule has 1 heterocycles. The van der Waals surface area contributed by atoms with Crippen molar-refractivity contribution in [3.63, 3.8) is 0 Å². The number of hydrogen-bond acceptors (Lipinski definition) is 3. The molecule has 1 aliphatic rings. The molecule has 0 radical (unpaired) electrons. The lowest BCUT2D eigenvalue weighted by Crippen LogP contribution is -2.50. The van der Waals surface area contributed by atoms with E-state index in [0.29, 0.717) is 18.9 Å². The van der Waals surface area contributed by atoms with Crippen molar-refractivity contribution in [2.45, 2.75) is 38.8 Å². The van der Waals surface area contributed by atoms with Gasteiger partial charge in [0.05, 0.1) is 0 Å². The predicted octanol–water partition coefficient (Wildman–Crippen LogP) is 5.23. The molecule has 4 heteroatoms. The quantitative estimate of drug-likeness (QED) is 0.534. The SMILES string of the molecule is C[C@@H]1CN(c2ccc(OCc3ccccc3)cc2)CC[C@H]1NC(=O)CCc1ccccc1. The van der Waals surface area contributed by atoms with Gasteiger partial charge in [0.1, 0.15) is 12.4 Å². The minimum Gasteiger partial charge on any atom is -0.489 e. The van der Waals surface area contributed by atoms with Gasteiger partial charge in [0.25, 0.3) is 0 Å². The Labute approximate surface area is 191 Å². The second-order valence-corrected chi connectivity index (χ2v) is 8.64. The van der Waals surface area contributed by atoms with Gasteiger partial charge in [-0.25, -0.2) is 0 Å². The summed E-state index contributed by atoms with van der Waals surface area (Å²) in [7, 11) is 0. The lowest BCUT2D eigenvalue weighted by atomic mass is 9.93. The molecule has 1 amide bonds. The Hall–Kier alpha value is -3.27.